The number of nitrogens with zero attached hydrogens (tertiary/aromatic N) is 3. The van der Waals surface area contributed by atoms with Gasteiger partial charge in [0.1, 0.15) is 16.5 Å². The lowest BCUT2D eigenvalue weighted by atomic mass is 10.2. The van der Waals surface area contributed by atoms with Gasteiger partial charge >= 0.3 is 0 Å². The van der Waals surface area contributed by atoms with Gasteiger partial charge in [0.25, 0.3) is 5.91 Å². The van der Waals surface area contributed by atoms with Gasteiger partial charge in [-0.25, -0.2) is 4.98 Å². The van der Waals surface area contributed by atoms with Crippen molar-refractivity contribution in [3.05, 3.63) is 65.2 Å². The second-order valence-electron chi connectivity index (χ2n) is 6.86. The van der Waals surface area contributed by atoms with E-state index in [0.717, 1.165) is 35.1 Å². The number of piperazine rings is 1. The van der Waals surface area contributed by atoms with Crippen molar-refractivity contribution in [2.75, 3.05) is 38.2 Å². The van der Waals surface area contributed by atoms with E-state index in [-0.39, 0.29) is 5.91 Å². The van der Waals surface area contributed by atoms with E-state index in [0.29, 0.717) is 18.8 Å². The maximum Gasteiger partial charge on any atom is 0.273 e. The normalized spacial score (nSPS) is 14.2. The zero-order chi connectivity index (χ0) is 19.5. The number of amides is 1. The predicted molar refractivity (Wildman–Crippen MR) is 113 cm³/mol. The summed E-state index contributed by atoms with van der Waals surface area (Å²) in [6, 6.07) is 16.2. The van der Waals surface area contributed by atoms with E-state index in [2.05, 4.69) is 47.1 Å². The molecule has 0 bridgehead atoms. The molecule has 1 aliphatic heterocycles. The first-order valence-electron chi connectivity index (χ1n) is 9.35. The van der Waals surface area contributed by atoms with E-state index in [1.54, 1.807) is 7.11 Å². The van der Waals surface area contributed by atoms with Gasteiger partial charge in [0.15, 0.2) is 0 Å². The van der Waals surface area contributed by atoms with Crippen molar-refractivity contribution < 1.29 is 9.53 Å². The molecule has 2 aromatic carbocycles. The Hall–Kier alpha value is -2.86. The summed E-state index contributed by atoms with van der Waals surface area (Å²) < 4.78 is 5.46. The Morgan fingerprint density at radius 3 is 2.46 bits per heavy atom. The van der Waals surface area contributed by atoms with Crippen LogP contribution in [0.2, 0.25) is 0 Å². The van der Waals surface area contributed by atoms with E-state index >= 15 is 0 Å². The van der Waals surface area contributed by atoms with Gasteiger partial charge in [0.2, 0.25) is 0 Å². The second kappa shape index (κ2) is 8.02. The van der Waals surface area contributed by atoms with Crippen LogP contribution < -0.4 is 9.64 Å². The molecule has 0 unspecified atom stereocenters. The largest absolute Gasteiger partial charge is 0.495 e. The molecule has 0 atom stereocenters. The number of carbonyl (C=O) groups excluding carboxylic acids is 1. The highest BCUT2D eigenvalue weighted by atomic mass is 32.1. The highest BCUT2D eigenvalue weighted by Crippen LogP contribution is 2.29. The van der Waals surface area contributed by atoms with Gasteiger partial charge in [0.05, 0.1) is 12.8 Å². The molecule has 1 saturated heterocycles. The van der Waals surface area contributed by atoms with E-state index in [1.165, 1.54) is 16.9 Å². The van der Waals surface area contributed by atoms with Gasteiger partial charge in [-0.2, -0.15) is 0 Å². The molecule has 28 heavy (non-hydrogen) atoms. The van der Waals surface area contributed by atoms with Crippen LogP contribution in [0.4, 0.5) is 5.69 Å². The Balaban J connectivity index is 1.42. The number of benzene rings is 2. The Kier molecular flexibility index (Phi) is 5.30. The molecular weight excluding hydrogens is 370 g/mol. The molecule has 2 heterocycles. The van der Waals surface area contributed by atoms with Crippen LogP contribution >= 0.6 is 11.3 Å². The quantitative estimate of drug-likeness (QED) is 0.670. The van der Waals surface area contributed by atoms with Gasteiger partial charge < -0.3 is 14.5 Å². The van der Waals surface area contributed by atoms with Crippen LogP contribution in [-0.4, -0.2) is 49.1 Å². The van der Waals surface area contributed by atoms with E-state index in [1.807, 2.05) is 28.5 Å². The fourth-order valence-electron chi connectivity index (χ4n) is 3.40. The van der Waals surface area contributed by atoms with Gasteiger partial charge in [-0.3, -0.25) is 4.79 Å². The SMILES string of the molecule is COc1ccccc1N1CCN(C(=O)c2csc(-c3ccc(C)cc3)n2)CC1. The number of methoxy groups -OCH3 is 1. The summed E-state index contributed by atoms with van der Waals surface area (Å²) in [5, 5.41) is 2.75. The number of para-hydroxylation sites is 2. The van der Waals surface area contributed by atoms with Crippen molar-refractivity contribution >= 4 is 22.9 Å². The van der Waals surface area contributed by atoms with Crippen LogP contribution in [0.15, 0.2) is 53.9 Å². The lowest BCUT2D eigenvalue weighted by Gasteiger charge is -2.36. The summed E-state index contributed by atoms with van der Waals surface area (Å²) >= 11 is 1.52. The number of aromatic nitrogens is 1. The minimum absolute atomic E-state index is 0.00860. The number of rotatable bonds is 4. The van der Waals surface area contributed by atoms with Crippen molar-refractivity contribution in [3.63, 3.8) is 0 Å². The van der Waals surface area contributed by atoms with Crippen molar-refractivity contribution in [2.24, 2.45) is 0 Å². The zero-order valence-corrected chi connectivity index (χ0v) is 16.9. The topological polar surface area (TPSA) is 45.7 Å². The molecule has 1 amide bonds. The van der Waals surface area contributed by atoms with Crippen molar-refractivity contribution in [1.82, 2.24) is 9.88 Å². The smallest absolute Gasteiger partial charge is 0.273 e. The number of aryl methyl sites for hydroxylation is 1. The lowest BCUT2D eigenvalue weighted by molar-refractivity contribution is 0.0741. The van der Waals surface area contributed by atoms with Gasteiger partial charge in [-0.15, -0.1) is 11.3 Å². The number of ether oxygens (including phenoxy) is 1. The predicted octanol–water partition coefficient (Wildman–Crippen LogP) is 4.09. The molecule has 3 aromatic rings. The Bertz CT molecular complexity index is 960. The molecule has 4 rings (SSSR count). The van der Waals surface area contributed by atoms with Gasteiger partial charge in [-0.1, -0.05) is 42.0 Å². The van der Waals surface area contributed by atoms with Gasteiger partial charge in [-0.05, 0) is 19.1 Å². The summed E-state index contributed by atoms with van der Waals surface area (Å²) in [6.07, 6.45) is 0. The molecule has 1 aromatic heterocycles. The first kappa shape index (κ1) is 18.5. The highest BCUT2D eigenvalue weighted by molar-refractivity contribution is 7.13. The molecule has 0 aliphatic carbocycles. The Morgan fingerprint density at radius 1 is 1.04 bits per heavy atom. The number of hydrogen-bond donors (Lipinski definition) is 0. The molecule has 1 fully saturated rings. The fraction of sp³-hybridized carbons (Fsp3) is 0.273. The molecule has 0 radical (unpaired) electrons. The lowest BCUT2D eigenvalue weighted by Crippen LogP contribution is -2.49. The van der Waals surface area contributed by atoms with Crippen LogP contribution in [0.25, 0.3) is 10.6 Å². The average Bonchev–Trinajstić information content (AvgIpc) is 3.24. The monoisotopic (exact) mass is 393 g/mol. The number of hydrogen-bond acceptors (Lipinski definition) is 5. The standard InChI is InChI=1S/C22H23N3O2S/c1-16-7-9-17(10-8-16)21-23-18(15-28-21)22(26)25-13-11-24(12-14-25)19-5-3-4-6-20(19)27-2/h3-10,15H,11-14H2,1-2H3. The average molecular weight is 394 g/mol. The van der Waals surface area contributed by atoms with Crippen LogP contribution in [0, 0.1) is 6.92 Å². The minimum Gasteiger partial charge on any atom is -0.495 e. The summed E-state index contributed by atoms with van der Waals surface area (Å²) in [6.45, 7) is 4.97. The fourth-order valence-corrected chi connectivity index (χ4v) is 4.20. The van der Waals surface area contributed by atoms with Crippen molar-refractivity contribution in [3.8, 4) is 16.3 Å². The third-order valence-electron chi connectivity index (χ3n) is 5.01. The summed E-state index contributed by atoms with van der Waals surface area (Å²) in [5.74, 6) is 0.874. The first-order valence-corrected chi connectivity index (χ1v) is 10.2. The molecular formula is C22H23N3O2S. The van der Waals surface area contributed by atoms with Crippen LogP contribution in [-0.2, 0) is 0 Å². The maximum atomic E-state index is 12.9. The van der Waals surface area contributed by atoms with E-state index in [9.17, 15) is 4.79 Å². The number of carbonyl (C=O) groups is 1. The molecule has 0 saturated carbocycles. The molecule has 6 heteroatoms. The van der Waals surface area contributed by atoms with Crippen molar-refractivity contribution in [1.29, 1.82) is 0 Å². The maximum absolute atomic E-state index is 12.9. The molecule has 144 valence electrons. The Labute approximate surface area is 169 Å². The number of thiazole rings is 1. The van der Waals surface area contributed by atoms with E-state index < -0.39 is 0 Å². The Morgan fingerprint density at radius 2 is 1.75 bits per heavy atom. The second-order valence-corrected chi connectivity index (χ2v) is 7.71. The van der Waals surface area contributed by atoms with Crippen molar-refractivity contribution in [2.45, 2.75) is 6.92 Å². The van der Waals surface area contributed by atoms with Crippen LogP contribution in [0.1, 0.15) is 16.1 Å². The minimum atomic E-state index is 0.00860. The third-order valence-corrected chi connectivity index (χ3v) is 5.91. The molecule has 1 aliphatic rings. The van der Waals surface area contributed by atoms with Crippen LogP contribution in [0.5, 0.6) is 5.75 Å². The zero-order valence-electron chi connectivity index (χ0n) is 16.1. The third kappa shape index (κ3) is 3.73. The van der Waals surface area contributed by atoms with E-state index in [4.69, 9.17) is 4.74 Å². The molecule has 0 N–H and O–H groups in total. The highest BCUT2D eigenvalue weighted by Gasteiger charge is 2.25. The molecule has 5 nitrogen and oxygen atoms in total. The summed E-state index contributed by atoms with van der Waals surface area (Å²) in [5.41, 5.74) is 3.87. The molecule has 0 spiro atoms. The number of anilines is 1. The summed E-state index contributed by atoms with van der Waals surface area (Å²) in [4.78, 5) is 21.6. The summed E-state index contributed by atoms with van der Waals surface area (Å²) in [7, 11) is 1.69. The first-order chi connectivity index (χ1) is 13.7. The van der Waals surface area contributed by atoms with Crippen LogP contribution in [0.3, 0.4) is 0 Å². The van der Waals surface area contributed by atoms with Gasteiger partial charge in [0, 0.05) is 37.1 Å².